The molecule has 6 heteroatoms. The summed E-state index contributed by atoms with van der Waals surface area (Å²) in [6, 6.07) is 1.78. The quantitative estimate of drug-likeness (QED) is 0.808. The van der Waals surface area contributed by atoms with Gasteiger partial charge in [0.1, 0.15) is 0 Å². The number of rotatable bonds is 6. The number of thiophene rings is 1. The van der Waals surface area contributed by atoms with E-state index in [0.29, 0.717) is 6.54 Å². The molecule has 0 atom stereocenters. The van der Waals surface area contributed by atoms with Crippen molar-refractivity contribution in [3.63, 3.8) is 0 Å². The molecule has 0 saturated heterocycles. The number of carbonyl (C=O) groups is 2. The summed E-state index contributed by atoms with van der Waals surface area (Å²) in [6.45, 7) is 0.784. The van der Waals surface area contributed by atoms with Crippen molar-refractivity contribution in [2.24, 2.45) is 0 Å². The van der Waals surface area contributed by atoms with E-state index in [1.165, 1.54) is 10.5 Å². The predicted octanol–water partition coefficient (Wildman–Crippen LogP) is 1.41. The molecule has 0 unspecified atom stereocenters. The fourth-order valence-electron chi connectivity index (χ4n) is 1.25. The molecule has 1 rings (SSSR count). The molecule has 0 radical (unpaired) electrons. The highest BCUT2D eigenvalue weighted by Crippen LogP contribution is 2.05. The van der Waals surface area contributed by atoms with Crippen molar-refractivity contribution >= 4 is 23.3 Å². The van der Waals surface area contributed by atoms with Gasteiger partial charge >= 0.3 is 12.0 Å². The molecular formula is C11H16N2O3S. The van der Waals surface area contributed by atoms with Crippen molar-refractivity contribution in [3.05, 3.63) is 22.4 Å². The molecule has 1 aromatic rings. The number of carboxylic acids is 1. The number of hydrogen-bond acceptors (Lipinski definition) is 3. The number of urea groups is 1. The zero-order chi connectivity index (χ0) is 12.7. The van der Waals surface area contributed by atoms with Crippen molar-refractivity contribution in [1.29, 1.82) is 0 Å². The second-order valence-electron chi connectivity index (χ2n) is 3.68. The highest BCUT2D eigenvalue weighted by atomic mass is 32.1. The van der Waals surface area contributed by atoms with Gasteiger partial charge < -0.3 is 15.3 Å². The van der Waals surface area contributed by atoms with E-state index in [0.717, 1.165) is 6.42 Å². The average Bonchev–Trinajstić information content (AvgIpc) is 2.78. The molecule has 94 valence electrons. The summed E-state index contributed by atoms with van der Waals surface area (Å²) in [5, 5.41) is 15.3. The van der Waals surface area contributed by atoms with Gasteiger partial charge in [0.25, 0.3) is 0 Å². The fraction of sp³-hybridized carbons (Fsp3) is 0.455. The lowest BCUT2D eigenvalue weighted by Gasteiger charge is -2.16. The van der Waals surface area contributed by atoms with Crippen LogP contribution in [-0.2, 0) is 11.2 Å². The van der Waals surface area contributed by atoms with Gasteiger partial charge in [0, 0.05) is 20.1 Å². The molecule has 2 N–H and O–H groups in total. The number of carboxylic acid groups (broad SMARTS) is 1. The molecule has 0 aliphatic carbocycles. The van der Waals surface area contributed by atoms with Gasteiger partial charge in [-0.2, -0.15) is 11.3 Å². The molecule has 1 heterocycles. The third-order valence-electron chi connectivity index (χ3n) is 2.28. The molecule has 0 aliphatic heterocycles. The molecule has 5 nitrogen and oxygen atoms in total. The van der Waals surface area contributed by atoms with Gasteiger partial charge in [0.15, 0.2) is 0 Å². The number of nitrogens with zero attached hydrogens (tertiary/aromatic N) is 1. The average molecular weight is 256 g/mol. The van der Waals surface area contributed by atoms with E-state index in [9.17, 15) is 9.59 Å². The van der Waals surface area contributed by atoms with Crippen LogP contribution in [0.2, 0.25) is 0 Å². The van der Waals surface area contributed by atoms with E-state index in [1.807, 2.05) is 16.8 Å². The molecule has 1 aromatic heterocycles. The second-order valence-corrected chi connectivity index (χ2v) is 4.46. The van der Waals surface area contributed by atoms with Crippen LogP contribution in [0.5, 0.6) is 0 Å². The first-order valence-electron chi connectivity index (χ1n) is 5.31. The first-order chi connectivity index (χ1) is 8.09. The van der Waals surface area contributed by atoms with Gasteiger partial charge in [-0.3, -0.25) is 4.79 Å². The number of hydrogen-bond donors (Lipinski definition) is 2. The predicted molar refractivity (Wildman–Crippen MR) is 66.3 cm³/mol. The van der Waals surface area contributed by atoms with Crippen LogP contribution in [0.4, 0.5) is 4.79 Å². The Balaban J connectivity index is 2.17. The minimum atomic E-state index is -0.900. The summed E-state index contributed by atoms with van der Waals surface area (Å²) in [5.41, 5.74) is 1.20. The molecule has 0 aromatic carbocycles. The Hall–Kier alpha value is -1.56. The van der Waals surface area contributed by atoms with Gasteiger partial charge in [0.2, 0.25) is 0 Å². The summed E-state index contributed by atoms with van der Waals surface area (Å²) in [6.07, 6.45) is 0.760. The first-order valence-corrected chi connectivity index (χ1v) is 6.25. The Kier molecular flexibility index (Phi) is 5.48. The summed E-state index contributed by atoms with van der Waals surface area (Å²) < 4.78 is 0. The minimum absolute atomic E-state index is 0.0333. The van der Waals surface area contributed by atoms with Crippen LogP contribution in [0, 0.1) is 0 Å². The maximum Gasteiger partial charge on any atom is 0.317 e. The molecule has 0 saturated carbocycles. The zero-order valence-electron chi connectivity index (χ0n) is 9.68. The Morgan fingerprint density at radius 3 is 2.88 bits per heavy atom. The highest BCUT2D eigenvalue weighted by molar-refractivity contribution is 7.07. The monoisotopic (exact) mass is 256 g/mol. The van der Waals surface area contributed by atoms with E-state index in [4.69, 9.17) is 5.11 Å². The van der Waals surface area contributed by atoms with Crippen LogP contribution in [-0.4, -0.2) is 42.1 Å². The Morgan fingerprint density at radius 2 is 2.29 bits per heavy atom. The number of nitrogens with one attached hydrogen (secondary N) is 1. The van der Waals surface area contributed by atoms with Crippen molar-refractivity contribution in [2.45, 2.75) is 12.8 Å². The van der Waals surface area contributed by atoms with E-state index >= 15 is 0 Å². The van der Waals surface area contributed by atoms with Gasteiger partial charge in [-0.15, -0.1) is 0 Å². The lowest BCUT2D eigenvalue weighted by atomic mass is 10.2. The second kappa shape index (κ2) is 6.90. The molecular weight excluding hydrogens is 240 g/mol. The third-order valence-corrected chi connectivity index (χ3v) is 3.01. The van der Waals surface area contributed by atoms with Crippen LogP contribution in [0.15, 0.2) is 16.8 Å². The smallest absolute Gasteiger partial charge is 0.317 e. The molecule has 0 aliphatic rings. The third kappa shape index (κ3) is 5.35. The number of amides is 2. The maximum absolute atomic E-state index is 11.5. The number of aliphatic carboxylic acids is 1. The van der Waals surface area contributed by atoms with Crippen LogP contribution in [0.1, 0.15) is 12.0 Å². The first kappa shape index (κ1) is 13.5. The van der Waals surface area contributed by atoms with E-state index in [2.05, 4.69) is 5.32 Å². The fourth-order valence-corrected chi connectivity index (χ4v) is 1.95. The lowest BCUT2D eigenvalue weighted by Crippen LogP contribution is -2.39. The standard InChI is InChI=1S/C11H16N2O3S/c1-13(6-3-10(14)15)11(16)12-5-2-9-4-7-17-8-9/h4,7-8H,2-3,5-6H2,1H3,(H,12,16)(H,14,15). The molecule has 17 heavy (non-hydrogen) atoms. The highest BCUT2D eigenvalue weighted by Gasteiger charge is 2.09. The van der Waals surface area contributed by atoms with E-state index in [-0.39, 0.29) is 19.0 Å². The van der Waals surface area contributed by atoms with Crippen molar-refractivity contribution in [3.8, 4) is 0 Å². The zero-order valence-corrected chi connectivity index (χ0v) is 10.5. The summed E-state index contributed by atoms with van der Waals surface area (Å²) in [5.74, 6) is -0.900. The topological polar surface area (TPSA) is 69.6 Å². The van der Waals surface area contributed by atoms with Crippen LogP contribution in [0.3, 0.4) is 0 Å². The number of carbonyl (C=O) groups excluding carboxylic acids is 1. The molecule has 2 amide bonds. The summed E-state index contributed by atoms with van der Waals surface area (Å²) >= 11 is 1.63. The SMILES string of the molecule is CN(CCC(=O)O)C(=O)NCCc1ccsc1. The van der Waals surface area contributed by atoms with Crippen LogP contribution in [0.25, 0.3) is 0 Å². The van der Waals surface area contributed by atoms with Gasteiger partial charge in [0.05, 0.1) is 6.42 Å². The Morgan fingerprint density at radius 1 is 1.53 bits per heavy atom. The van der Waals surface area contributed by atoms with Gasteiger partial charge in [-0.25, -0.2) is 4.79 Å². The van der Waals surface area contributed by atoms with Crippen molar-refractivity contribution in [2.75, 3.05) is 20.1 Å². The van der Waals surface area contributed by atoms with Crippen LogP contribution < -0.4 is 5.32 Å². The van der Waals surface area contributed by atoms with E-state index < -0.39 is 5.97 Å². The lowest BCUT2D eigenvalue weighted by molar-refractivity contribution is -0.137. The van der Waals surface area contributed by atoms with E-state index in [1.54, 1.807) is 18.4 Å². The summed E-state index contributed by atoms with van der Waals surface area (Å²) in [4.78, 5) is 23.2. The van der Waals surface area contributed by atoms with Crippen LogP contribution >= 0.6 is 11.3 Å². The Bertz CT molecular complexity index is 365. The molecule has 0 fully saturated rings. The van der Waals surface area contributed by atoms with Gasteiger partial charge in [-0.1, -0.05) is 0 Å². The molecule has 0 spiro atoms. The van der Waals surface area contributed by atoms with Crippen molar-refractivity contribution < 1.29 is 14.7 Å². The normalized spacial score (nSPS) is 9.94. The summed E-state index contributed by atoms with van der Waals surface area (Å²) in [7, 11) is 1.59. The van der Waals surface area contributed by atoms with Gasteiger partial charge in [-0.05, 0) is 28.8 Å². The van der Waals surface area contributed by atoms with Crippen molar-refractivity contribution in [1.82, 2.24) is 10.2 Å². The minimum Gasteiger partial charge on any atom is -0.481 e. The maximum atomic E-state index is 11.5. The largest absolute Gasteiger partial charge is 0.481 e. The molecule has 0 bridgehead atoms. The Labute approximate surface area is 104 Å².